The van der Waals surface area contributed by atoms with Gasteiger partial charge in [-0.05, 0) is 29.5 Å². The molecule has 3 rings (SSSR count). The maximum Gasteiger partial charge on any atom is 0.311 e. The lowest BCUT2D eigenvalue weighted by Crippen LogP contribution is -2.35. The second-order valence-electron chi connectivity index (χ2n) is 5.07. The number of rotatable bonds is 1. The van der Waals surface area contributed by atoms with E-state index in [9.17, 15) is 14.7 Å². The molecular formula is C14H15NO4. The first kappa shape index (κ1) is 12.2. The Balaban J connectivity index is 2.09. The van der Waals surface area contributed by atoms with Gasteiger partial charge in [-0.2, -0.15) is 0 Å². The van der Waals surface area contributed by atoms with Crippen LogP contribution in [-0.4, -0.2) is 24.1 Å². The van der Waals surface area contributed by atoms with Crippen molar-refractivity contribution in [3.8, 4) is 0 Å². The van der Waals surface area contributed by atoms with E-state index in [1.165, 1.54) is 7.11 Å². The predicted molar refractivity (Wildman–Crippen MR) is 67.5 cm³/mol. The third-order valence-electron chi connectivity index (χ3n) is 4.00. The van der Waals surface area contributed by atoms with Crippen molar-refractivity contribution < 1.29 is 19.4 Å². The first-order valence-corrected chi connectivity index (χ1v) is 6.30. The summed E-state index contributed by atoms with van der Waals surface area (Å²) in [4.78, 5) is 23.4. The van der Waals surface area contributed by atoms with Gasteiger partial charge >= 0.3 is 5.97 Å². The van der Waals surface area contributed by atoms with E-state index in [4.69, 9.17) is 4.74 Å². The highest BCUT2D eigenvalue weighted by Gasteiger charge is 2.42. The molecule has 0 bridgehead atoms. The molecule has 5 nitrogen and oxygen atoms in total. The zero-order valence-corrected chi connectivity index (χ0v) is 10.6. The Morgan fingerprint density at radius 3 is 3.00 bits per heavy atom. The van der Waals surface area contributed by atoms with Gasteiger partial charge in [-0.25, -0.2) is 0 Å². The highest BCUT2D eigenvalue weighted by atomic mass is 16.5. The average molecular weight is 261 g/mol. The average Bonchev–Trinajstić information content (AvgIpc) is 2.41. The zero-order valence-electron chi connectivity index (χ0n) is 10.6. The minimum Gasteiger partial charge on any atom is -0.469 e. The van der Waals surface area contributed by atoms with Crippen molar-refractivity contribution in [3.05, 3.63) is 29.3 Å². The predicted octanol–water partition coefficient (Wildman–Crippen LogP) is 1.34. The molecule has 1 aliphatic carbocycles. The fourth-order valence-electron chi connectivity index (χ4n) is 3.16. The van der Waals surface area contributed by atoms with E-state index in [2.05, 4.69) is 5.32 Å². The molecule has 0 aromatic heterocycles. The Hall–Kier alpha value is -1.88. The number of carbonyl (C=O) groups excluding carboxylic acids is 2. The van der Waals surface area contributed by atoms with Crippen LogP contribution in [0.25, 0.3) is 0 Å². The second-order valence-corrected chi connectivity index (χ2v) is 5.07. The smallest absolute Gasteiger partial charge is 0.311 e. The highest BCUT2D eigenvalue weighted by molar-refractivity contribution is 5.95. The Bertz CT molecular complexity index is 554. The van der Waals surface area contributed by atoms with E-state index < -0.39 is 18.0 Å². The quantitative estimate of drug-likeness (QED) is 0.748. The molecule has 0 radical (unpaired) electrons. The molecule has 1 aromatic rings. The fourth-order valence-corrected chi connectivity index (χ4v) is 3.16. The van der Waals surface area contributed by atoms with Crippen LogP contribution in [0.2, 0.25) is 0 Å². The van der Waals surface area contributed by atoms with Gasteiger partial charge in [-0.3, -0.25) is 9.59 Å². The first-order valence-electron chi connectivity index (χ1n) is 6.30. The third-order valence-corrected chi connectivity index (χ3v) is 4.00. The van der Waals surface area contributed by atoms with Crippen LogP contribution < -0.4 is 5.32 Å². The van der Waals surface area contributed by atoms with Crippen molar-refractivity contribution >= 4 is 17.6 Å². The summed E-state index contributed by atoms with van der Waals surface area (Å²) >= 11 is 0. The Morgan fingerprint density at radius 2 is 2.26 bits per heavy atom. The van der Waals surface area contributed by atoms with Crippen LogP contribution in [0.1, 0.15) is 36.0 Å². The maximum absolute atomic E-state index is 11.8. The molecule has 2 aliphatic rings. The lowest BCUT2D eigenvalue weighted by Gasteiger charge is -2.37. The monoisotopic (exact) mass is 261 g/mol. The number of amides is 1. The molecule has 0 saturated carbocycles. The van der Waals surface area contributed by atoms with Crippen LogP contribution in [-0.2, 0) is 14.3 Å². The molecule has 3 atom stereocenters. The number of hydrogen-bond donors (Lipinski definition) is 2. The molecule has 1 amide bonds. The van der Waals surface area contributed by atoms with Crippen LogP contribution in [0.3, 0.4) is 0 Å². The summed E-state index contributed by atoms with van der Waals surface area (Å²) in [5, 5.41) is 13.1. The topological polar surface area (TPSA) is 75.6 Å². The van der Waals surface area contributed by atoms with Gasteiger partial charge < -0.3 is 15.2 Å². The second kappa shape index (κ2) is 4.35. The van der Waals surface area contributed by atoms with Crippen LogP contribution in [0.4, 0.5) is 5.69 Å². The van der Waals surface area contributed by atoms with Crippen LogP contribution in [0.15, 0.2) is 18.2 Å². The Labute approximate surface area is 110 Å². The van der Waals surface area contributed by atoms with E-state index in [0.717, 1.165) is 16.8 Å². The summed E-state index contributed by atoms with van der Waals surface area (Å²) < 4.78 is 4.74. The van der Waals surface area contributed by atoms with Crippen molar-refractivity contribution in [1.29, 1.82) is 0 Å². The lowest BCUT2D eigenvalue weighted by atomic mass is 9.72. The van der Waals surface area contributed by atoms with Gasteiger partial charge in [0, 0.05) is 12.1 Å². The third kappa shape index (κ3) is 1.81. The molecule has 0 spiro atoms. The number of carbonyl (C=O) groups is 2. The highest BCUT2D eigenvalue weighted by Crippen LogP contribution is 2.48. The summed E-state index contributed by atoms with van der Waals surface area (Å²) in [6.45, 7) is 0. The number of ether oxygens (including phenoxy) is 1. The number of benzene rings is 1. The van der Waals surface area contributed by atoms with Crippen LogP contribution in [0, 0.1) is 5.92 Å². The maximum atomic E-state index is 11.8. The number of aliphatic hydroxyl groups is 1. The van der Waals surface area contributed by atoms with Gasteiger partial charge in [0.05, 0.1) is 19.1 Å². The van der Waals surface area contributed by atoms with Crippen molar-refractivity contribution in [2.45, 2.75) is 24.9 Å². The van der Waals surface area contributed by atoms with Gasteiger partial charge in [0.15, 0.2) is 0 Å². The van der Waals surface area contributed by atoms with Gasteiger partial charge in [-0.1, -0.05) is 12.1 Å². The molecule has 5 heteroatoms. The summed E-state index contributed by atoms with van der Waals surface area (Å²) in [5.41, 5.74) is 2.44. The number of methoxy groups -OCH3 is 1. The minimum absolute atomic E-state index is 0.0209. The van der Waals surface area contributed by atoms with Crippen molar-refractivity contribution in [3.63, 3.8) is 0 Å². The molecule has 2 N–H and O–H groups in total. The summed E-state index contributed by atoms with van der Waals surface area (Å²) in [5.74, 6) is -1.08. The minimum atomic E-state index is -0.867. The fraction of sp³-hybridized carbons (Fsp3) is 0.429. The number of anilines is 1. The van der Waals surface area contributed by atoms with E-state index in [-0.39, 0.29) is 11.8 Å². The Morgan fingerprint density at radius 1 is 1.47 bits per heavy atom. The number of nitrogens with one attached hydrogen (secondary N) is 1. The van der Waals surface area contributed by atoms with E-state index in [1.807, 2.05) is 12.1 Å². The van der Waals surface area contributed by atoms with Gasteiger partial charge in [0.2, 0.25) is 5.91 Å². The zero-order chi connectivity index (χ0) is 13.6. The first-order chi connectivity index (χ1) is 9.11. The molecule has 100 valence electrons. The number of hydrogen-bond acceptors (Lipinski definition) is 4. The van der Waals surface area contributed by atoms with Crippen LogP contribution in [0.5, 0.6) is 0 Å². The van der Waals surface area contributed by atoms with E-state index in [1.54, 1.807) is 6.07 Å². The standard InChI is InChI=1S/C14H15NO4/c1-19-14(18)9-5-7-6-11(16)15-10-4-2-3-8(12(7)10)13(9)17/h2-4,7,9,13,17H,5-6H2,1H3,(H,15,16)/t7-,9-,13+/m1/s1. The van der Waals surface area contributed by atoms with Gasteiger partial charge in [0.1, 0.15) is 0 Å². The van der Waals surface area contributed by atoms with Crippen molar-refractivity contribution in [2.24, 2.45) is 5.92 Å². The molecule has 1 aromatic carbocycles. The largest absolute Gasteiger partial charge is 0.469 e. The lowest BCUT2D eigenvalue weighted by molar-refractivity contribution is -0.151. The van der Waals surface area contributed by atoms with Gasteiger partial charge in [0.25, 0.3) is 0 Å². The molecular weight excluding hydrogens is 246 g/mol. The van der Waals surface area contributed by atoms with Crippen molar-refractivity contribution in [1.82, 2.24) is 0 Å². The van der Waals surface area contributed by atoms with Crippen molar-refractivity contribution in [2.75, 3.05) is 12.4 Å². The van der Waals surface area contributed by atoms with Gasteiger partial charge in [-0.15, -0.1) is 0 Å². The molecule has 1 heterocycles. The summed E-state index contributed by atoms with van der Waals surface area (Å²) in [6.07, 6.45) is -0.0659. The Kier molecular flexibility index (Phi) is 2.78. The normalized spacial score (nSPS) is 28.3. The summed E-state index contributed by atoms with van der Waals surface area (Å²) in [7, 11) is 1.31. The van der Waals surface area contributed by atoms with Crippen LogP contribution >= 0.6 is 0 Å². The number of aliphatic hydroxyl groups excluding tert-OH is 1. The molecule has 0 saturated heterocycles. The molecule has 0 unspecified atom stereocenters. The summed E-state index contributed by atoms with van der Waals surface area (Å²) in [6, 6.07) is 5.41. The molecule has 19 heavy (non-hydrogen) atoms. The molecule has 1 aliphatic heterocycles. The van der Waals surface area contributed by atoms with E-state index >= 15 is 0 Å². The molecule has 0 fully saturated rings. The number of esters is 1. The van der Waals surface area contributed by atoms with E-state index in [0.29, 0.717) is 12.8 Å². The SMILES string of the molecule is COC(=O)[C@@H]1C[C@@H]2CC(=O)Nc3cccc(c32)[C@@H]1O.